The van der Waals surface area contributed by atoms with Crippen molar-refractivity contribution >= 4 is 0 Å². The highest BCUT2D eigenvalue weighted by Crippen LogP contribution is 2.67. The largest absolute Gasteiger partial charge is 0.389 e. The molecule has 4 rings (SSSR count). The average Bonchev–Trinajstić information content (AvgIpc) is 2.99. The zero-order valence-corrected chi connectivity index (χ0v) is 19.3. The number of hydrogen-bond acceptors (Lipinski definition) is 1. The van der Waals surface area contributed by atoms with Crippen molar-refractivity contribution in [3.63, 3.8) is 0 Å². The van der Waals surface area contributed by atoms with E-state index in [1.807, 2.05) is 0 Å². The van der Waals surface area contributed by atoms with Crippen LogP contribution in [0.3, 0.4) is 0 Å². The van der Waals surface area contributed by atoms with Gasteiger partial charge >= 0.3 is 0 Å². The molecule has 0 saturated heterocycles. The fourth-order valence-corrected chi connectivity index (χ4v) is 8.81. The Labute approximate surface area is 174 Å². The summed E-state index contributed by atoms with van der Waals surface area (Å²) >= 11 is 0. The molecule has 0 unspecified atom stereocenters. The number of aliphatic hydroxyl groups excluding tert-OH is 1. The number of aliphatic hydroxyl groups is 1. The molecule has 0 bridgehead atoms. The number of fused-ring (bicyclic) bond motifs is 5. The Balaban J connectivity index is 1.48. The van der Waals surface area contributed by atoms with E-state index in [1.165, 1.54) is 57.8 Å². The van der Waals surface area contributed by atoms with Crippen LogP contribution < -0.4 is 0 Å². The lowest BCUT2D eigenvalue weighted by Gasteiger charge is -2.59. The molecule has 0 aromatic rings. The summed E-state index contributed by atoms with van der Waals surface area (Å²) in [7, 11) is 0. The summed E-state index contributed by atoms with van der Waals surface area (Å²) in [5.74, 6) is 6.19. The second-order valence-electron chi connectivity index (χ2n) is 12.2. The molecule has 0 aromatic carbocycles. The van der Waals surface area contributed by atoms with Gasteiger partial charge in [-0.15, -0.1) is 0 Å². The first kappa shape index (κ1) is 21.0. The highest BCUT2D eigenvalue weighted by Gasteiger charge is 2.59. The lowest BCUT2D eigenvalue weighted by atomic mass is 9.45. The molecule has 28 heavy (non-hydrogen) atoms. The van der Waals surface area contributed by atoms with Gasteiger partial charge in [-0.2, -0.15) is 0 Å². The second-order valence-corrected chi connectivity index (χ2v) is 12.2. The van der Waals surface area contributed by atoms with Gasteiger partial charge in [0.25, 0.3) is 0 Å². The van der Waals surface area contributed by atoms with E-state index in [2.05, 4.69) is 46.8 Å². The minimum atomic E-state index is -0.189. The summed E-state index contributed by atoms with van der Waals surface area (Å²) in [6.07, 6.45) is 18.3. The maximum absolute atomic E-state index is 10.2. The standard InChI is InChI=1S/C27H46O/c1-18(2)7-6-8-19(3)23-11-12-24-22-10-9-20-17-21(28)13-15-26(20,4)25(22)14-16-27(23,24)5/h13,15,18-25,28H,6-12,14,16-17H2,1-5H3/t19-,20+,21+,22+,23-,24+,25+,26+,27-/m1/s1. The summed E-state index contributed by atoms with van der Waals surface area (Å²) in [5.41, 5.74) is 0.948. The van der Waals surface area contributed by atoms with E-state index in [9.17, 15) is 5.11 Å². The van der Waals surface area contributed by atoms with Crippen molar-refractivity contribution in [2.75, 3.05) is 0 Å². The molecule has 1 heteroatoms. The van der Waals surface area contributed by atoms with Crippen LogP contribution in [0.1, 0.15) is 98.8 Å². The minimum Gasteiger partial charge on any atom is -0.389 e. The first-order valence-electron chi connectivity index (χ1n) is 12.6. The summed E-state index contributed by atoms with van der Waals surface area (Å²) < 4.78 is 0. The highest BCUT2D eigenvalue weighted by atomic mass is 16.3. The molecule has 3 fully saturated rings. The van der Waals surface area contributed by atoms with E-state index in [4.69, 9.17) is 0 Å². The van der Waals surface area contributed by atoms with Gasteiger partial charge in [0, 0.05) is 0 Å². The predicted molar refractivity (Wildman–Crippen MR) is 119 cm³/mol. The maximum Gasteiger partial charge on any atom is 0.0724 e. The Morgan fingerprint density at radius 1 is 0.964 bits per heavy atom. The van der Waals surface area contributed by atoms with E-state index >= 15 is 0 Å². The third kappa shape index (κ3) is 3.42. The SMILES string of the molecule is CC(C)CCC[C@@H](C)[C@H]1CC[C@H]2[C@@H]3CC[C@H]4C[C@@H](O)C=C[C@]4(C)[C@H]3CC[C@]12C. The van der Waals surface area contributed by atoms with Crippen LogP contribution in [0.25, 0.3) is 0 Å². The van der Waals surface area contributed by atoms with Gasteiger partial charge in [0.05, 0.1) is 6.10 Å². The average molecular weight is 387 g/mol. The minimum absolute atomic E-state index is 0.189. The molecule has 0 amide bonds. The van der Waals surface area contributed by atoms with Crippen LogP contribution in [0.4, 0.5) is 0 Å². The van der Waals surface area contributed by atoms with Crippen molar-refractivity contribution < 1.29 is 5.11 Å². The molecule has 0 aliphatic heterocycles. The Hall–Kier alpha value is -0.300. The van der Waals surface area contributed by atoms with Crippen LogP contribution in [0.2, 0.25) is 0 Å². The van der Waals surface area contributed by atoms with Gasteiger partial charge in [-0.05, 0) is 97.2 Å². The van der Waals surface area contributed by atoms with Gasteiger partial charge in [-0.3, -0.25) is 0 Å². The van der Waals surface area contributed by atoms with E-state index < -0.39 is 0 Å². The van der Waals surface area contributed by atoms with Gasteiger partial charge < -0.3 is 5.11 Å². The predicted octanol–water partition coefficient (Wildman–Crippen LogP) is 7.24. The quantitative estimate of drug-likeness (QED) is 0.493. The normalized spacial score (nSPS) is 48.8. The van der Waals surface area contributed by atoms with Crippen molar-refractivity contribution in [2.45, 2.75) is 105 Å². The Kier molecular flexibility index (Phi) is 5.80. The second kappa shape index (κ2) is 7.75. The Morgan fingerprint density at radius 3 is 2.50 bits per heavy atom. The zero-order chi connectivity index (χ0) is 20.1. The van der Waals surface area contributed by atoms with Crippen LogP contribution in [0.5, 0.6) is 0 Å². The topological polar surface area (TPSA) is 20.2 Å². The van der Waals surface area contributed by atoms with Gasteiger partial charge in [0.15, 0.2) is 0 Å². The summed E-state index contributed by atoms with van der Waals surface area (Å²) in [4.78, 5) is 0. The van der Waals surface area contributed by atoms with Gasteiger partial charge in [0.2, 0.25) is 0 Å². The van der Waals surface area contributed by atoms with Gasteiger partial charge in [-0.25, -0.2) is 0 Å². The van der Waals surface area contributed by atoms with E-state index in [-0.39, 0.29) is 6.10 Å². The van der Waals surface area contributed by atoms with Crippen molar-refractivity contribution in [1.29, 1.82) is 0 Å². The van der Waals surface area contributed by atoms with E-state index in [1.54, 1.807) is 0 Å². The van der Waals surface area contributed by atoms with Gasteiger partial charge in [-0.1, -0.05) is 66.0 Å². The fraction of sp³-hybridized carbons (Fsp3) is 0.926. The fourth-order valence-electron chi connectivity index (χ4n) is 8.81. The number of allylic oxidation sites excluding steroid dienone is 1. The summed E-state index contributed by atoms with van der Waals surface area (Å²) in [6.45, 7) is 12.6. The van der Waals surface area contributed by atoms with E-state index in [0.717, 1.165) is 41.9 Å². The van der Waals surface area contributed by atoms with Crippen LogP contribution in [-0.2, 0) is 0 Å². The van der Waals surface area contributed by atoms with Crippen molar-refractivity contribution in [1.82, 2.24) is 0 Å². The first-order chi connectivity index (χ1) is 13.3. The van der Waals surface area contributed by atoms with Crippen molar-refractivity contribution in [2.24, 2.45) is 52.3 Å². The number of rotatable bonds is 5. The van der Waals surface area contributed by atoms with Crippen LogP contribution >= 0.6 is 0 Å². The Bertz CT molecular complexity index is 579. The molecule has 0 heterocycles. The molecule has 3 saturated carbocycles. The van der Waals surface area contributed by atoms with Crippen LogP contribution in [0.15, 0.2) is 12.2 Å². The molecule has 0 radical (unpaired) electrons. The third-order valence-corrected chi connectivity index (χ3v) is 10.4. The molecule has 0 aromatic heterocycles. The lowest BCUT2D eigenvalue weighted by Crippen LogP contribution is -2.52. The molecule has 160 valence electrons. The summed E-state index contributed by atoms with van der Waals surface area (Å²) in [6, 6.07) is 0. The smallest absolute Gasteiger partial charge is 0.0724 e. The van der Waals surface area contributed by atoms with Crippen molar-refractivity contribution in [3.05, 3.63) is 12.2 Å². The Morgan fingerprint density at radius 2 is 1.75 bits per heavy atom. The molecule has 1 nitrogen and oxygen atoms in total. The summed E-state index contributed by atoms with van der Waals surface area (Å²) in [5, 5.41) is 10.2. The molecule has 4 aliphatic rings. The van der Waals surface area contributed by atoms with Crippen molar-refractivity contribution in [3.8, 4) is 0 Å². The monoisotopic (exact) mass is 386 g/mol. The third-order valence-electron chi connectivity index (χ3n) is 10.4. The molecule has 0 spiro atoms. The highest BCUT2D eigenvalue weighted by molar-refractivity contribution is 5.17. The zero-order valence-electron chi connectivity index (χ0n) is 19.3. The van der Waals surface area contributed by atoms with Gasteiger partial charge in [0.1, 0.15) is 0 Å². The lowest BCUT2D eigenvalue weighted by molar-refractivity contribution is -0.0907. The molecular formula is C27H46O. The van der Waals surface area contributed by atoms with E-state index in [0.29, 0.717) is 16.7 Å². The first-order valence-corrected chi connectivity index (χ1v) is 12.6. The number of hydrogen-bond donors (Lipinski definition) is 1. The maximum atomic E-state index is 10.2. The van der Waals surface area contributed by atoms with Crippen LogP contribution in [-0.4, -0.2) is 11.2 Å². The molecular weight excluding hydrogens is 340 g/mol. The molecule has 1 N–H and O–H groups in total. The molecule has 4 aliphatic carbocycles. The molecule has 9 atom stereocenters. The van der Waals surface area contributed by atoms with Crippen LogP contribution in [0, 0.1) is 52.3 Å².